The molecular formula is C12H25ClN2O. The third-order valence-electron chi connectivity index (χ3n) is 3.55. The van der Waals surface area contributed by atoms with Crippen LogP contribution in [0, 0.1) is 11.8 Å². The molecule has 0 saturated carbocycles. The van der Waals surface area contributed by atoms with Crippen molar-refractivity contribution in [2.24, 2.45) is 17.6 Å². The fraction of sp³-hybridized carbons (Fsp3) is 0.917. The molecule has 1 heterocycles. The molecule has 3 nitrogen and oxygen atoms in total. The number of amides is 1. The molecule has 0 aromatic carbocycles. The standard InChI is InChI=1S/C12H24N2O.ClH/c1-4-11(13)12(15)14-7-5-10(6-8-14)9(2)3;/h9-11H,4-8,13H2,1-3H3;1H/t11-;/m0./s1. The normalized spacial score (nSPS) is 19.4. The van der Waals surface area contributed by atoms with Gasteiger partial charge in [0.1, 0.15) is 0 Å². The number of carbonyl (C=O) groups excluding carboxylic acids is 1. The number of rotatable bonds is 3. The minimum Gasteiger partial charge on any atom is -0.341 e. The summed E-state index contributed by atoms with van der Waals surface area (Å²) in [6, 6.07) is -0.291. The van der Waals surface area contributed by atoms with E-state index in [0.29, 0.717) is 0 Å². The Kier molecular flexibility index (Phi) is 7.00. The largest absolute Gasteiger partial charge is 0.341 e. The SMILES string of the molecule is CC[C@H](N)C(=O)N1CCC(C(C)C)CC1.Cl. The van der Waals surface area contributed by atoms with Gasteiger partial charge in [-0.1, -0.05) is 20.8 Å². The summed E-state index contributed by atoms with van der Waals surface area (Å²) in [4.78, 5) is 13.7. The number of carbonyl (C=O) groups is 1. The number of halogens is 1. The number of hydrogen-bond donors (Lipinski definition) is 1. The Morgan fingerprint density at radius 1 is 1.38 bits per heavy atom. The minimum absolute atomic E-state index is 0. The fourth-order valence-corrected chi connectivity index (χ4v) is 2.20. The molecule has 1 rings (SSSR count). The van der Waals surface area contributed by atoms with Crippen LogP contribution in [-0.2, 0) is 4.79 Å². The van der Waals surface area contributed by atoms with Crippen LogP contribution in [0.4, 0.5) is 0 Å². The number of nitrogens with two attached hydrogens (primary N) is 1. The third kappa shape index (κ3) is 3.95. The summed E-state index contributed by atoms with van der Waals surface area (Å²) >= 11 is 0. The highest BCUT2D eigenvalue weighted by molar-refractivity contribution is 5.85. The van der Waals surface area contributed by atoms with Gasteiger partial charge in [0, 0.05) is 13.1 Å². The summed E-state index contributed by atoms with van der Waals surface area (Å²) < 4.78 is 0. The number of likely N-dealkylation sites (tertiary alicyclic amines) is 1. The smallest absolute Gasteiger partial charge is 0.239 e. The van der Waals surface area contributed by atoms with Crippen molar-refractivity contribution in [1.82, 2.24) is 4.90 Å². The van der Waals surface area contributed by atoms with Gasteiger partial charge >= 0.3 is 0 Å². The lowest BCUT2D eigenvalue weighted by Gasteiger charge is -2.35. The highest BCUT2D eigenvalue weighted by Crippen LogP contribution is 2.24. The van der Waals surface area contributed by atoms with Crippen molar-refractivity contribution in [3.8, 4) is 0 Å². The molecule has 1 aliphatic heterocycles. The van der Waals surface area contributed by atoms with Crippen molar-refractivity contribution < 1.29 is 4.79 Å². The van der Waals surface area contributed by atoms with Crippen LogP contribution in [0.5, 0.6) is 0 Å². The Balaban J connectivity index is 0.00000225. The molecule has 0 aliphatic carbocycles. The van der Waals surface area contributed by atoms with E-state index in [9.17, 15) is 4.79 Å². The second kappa shape index (κ2) is 7.13. The van der Waals surface area contributed by atoms with Crippen LogP contribution in [-0.4, -0.2) is 29.9 Å². The first-order chi connectivity index (χ1) is 7.06. The van der Waals surface area contributed by atoms with Crippen LogP contribution in [0.3, 0.4) is 0 Å². The first-order valence-corrected chi connectivity index (χ1v) is 6.10. The van der Waals surface area contributed by atoms with Crippen molar-refractivity contribution in [2.45, 2.75) is 46.1 Å². The summed E-state index contributed by atoms with van der Waals surface area (Å²) in [6.45, 7) is 8.29. The van der Waals surface area contributed by atoms with Crippen LogP contribution in [0.25, 0.3) is 0 Å². The number of nitrogens with zero attached hydrogens (tertiary/aromatic N) is 1. The molecule has 1 saturated heterocycles. The Labute approximate surface area is 105 Å². The lowest BCUT2D eigenvalue weighted by molar-refractivity contribution is -0.134. The van der Waals surface area contributed by atoms with Crippen molar-refractivity contribution >= 4 is 18.3 Å². The number of hydrogen-bond acceptors (Lipinski definition) is 2. The Hall–Kier alpha value is -0.280. The predicted molar refractivity (Wildman–Crippen MR) is 69.7 cm³/mol. The maximum atomic E-state index is 11.8. The van der Waals surface area contributed by atoms with Gasteiger partial charge < -0.3 is 10.6 Å². The van der Waals surface area contributed by atoms with E-state index in [1.54, 1.807) is 0 Å². The third-order valence-corrected chi connectivity index (χ3v) is 3.55. The average molecular weight is 249 g/mol. The molecule has 96 valence electrons. The van der Waals surface area contributed by atoms with E-state index < -0.39 is 0 Å². The molecule has 0 bridgehead atoms. The van der Waals surface area contributed by atoms with Gasteiger partial charge in [0.25, 0.3) is 0 Å². The second-order valence-corrected chi connectivity index (χ2v) is 4.92. The second-order valence-electron chi connectivity index (χ2n) is 4.92. The molecular weight excluding hydrogens is 224 g/mol. The van der Waals surface area contributed by atoms with Gasteiger partial charge in [-0.3, -0.25) is 4.79 Å². The lowest BCUT2D eigenvalue weighted by atomic mass is 9.86. The lowest BCUT2D eigenvalue weighted by Crippen LogP contribution is -2.47. The van der Waals surface area contributed by atoms with E-state index in [1.165, 1.54) is 0 Å². The van der Waals surface area contributed by atoms with Gasteiger partial charge in [-0.25, -0.2) is 0 Å². The zero-order chi connectivity index (χ0) is 11.4. The van der Waals surface area contributed by atoms with E-state index in [1.807, 2.05) is 11.8 Å². The van der Waals surface area contributed by atoms with Gasteiger partial charge in [0.15, 0.2) is 0 Å². The molecule has 0 aromatic heterocycles. The summed E-state index contributed by atoms with van der Waals surface area (Å²) in [5.74, 6) is 1.66. The molecule has 4 heteroatoms. The van der Waals surface area contributed by atoms with Crippen molar-refractivity contribution in [2.75, 3.05) is 13.1 Å². The molecule has 0 unspecified atom stereocenters. The highest BCUT2D eigenvalue weighted by Gasteiger charge is 2.26. The summed E-state index contributed by atoms with van der Waals surface area (Å²) in [5.41, 5.74) is 5.75. The van der Waals surface area contributed by atoms with Gasteiger partial charge in [-0.2, -0.15) is 0 Å². The summed E-state index contributed by atoms with van der Waals surface area (Å²) in [5, 5.41) is 0. The van der Waals surface area contributed by atoms with Gasteiger partial charge in [0.05, 0.1) is 6.04 Å². The van der Waals surface area contributed by atoms with Crippen LogP contribution >= 0.6 is 12.4 Å². The minimum atomic E-state index is -0.291. The first-order valence-electron chi connectivity index (χ1n) is 6.10. The Morgan fingerprint density at radius 3 is 2.25 bits per heavy atom. The molecule has 1 atom stereocenters. The van der Waals surface area contributed by atoms with Gasteiger partial charge in [0.2, 0.25) is 5.91 Å². The van der Waals surface area contributed by atoms with Gasteiger partial charge in [-0.05, 0) is 31.1 Å². The van der Waals surface area contributed by atoms with Crippen LogP contribution in [0.1, 0.15) is 40.0 Å². The van der Waals surface area contributed by atoms with Crippen molar-refractivity contribution in [3.63, 3.8) is 0 Å². The molecule has 0 spiro atoms. The first kappa shape index (κ1) is 15.7. The van der Waals surface area contributed by atoms with Crippen molar-refractivity contribution in [1.29, 1.82) is 0 Å². The van der Waals surface area contributed by atoms with E-state index in [2.05, 4.69) is 13.8 Å². The predicted octanol–water partition coefficient (Wildman–Crippen LogP) is 2.04. The van der Waals surface area contributed by atoms with E-state index in [-0.39, 0.29) is 24.4 Å². The monoisotopic (exact) mass is 248 g/mol. The molecule has 1 fully saturated rings. The maximum Gasteiger partial charge on any atom is 0.239 e. The molecule has 16 heavy (non-hydrogen) atoms. The average Bonchev–Trinajstić information content (AvgIpc) is 2.27. The molecule has 1 aliphatic rings. The van der Waals surface area contributed by atoms with E-state index >= 15 is 0 Å². The molecule has 0 radical (unpaired) electrons. The fourth-order valence-electron chi connectivity index (χ4n) is 2.20. The highest BCUT2D eigenvalue weighted by atomic mass is 35.5. The zero-order valence-corrected chi connectivity index (χ0v) is 11.4. The Morgan fingerprint density at radius 2 is 1.88 bits per heavy atom. The van der Waals surface area contributed by atoms with Crippen molar-refractivity contribution in [3.05, 3.63) is 0 Å². The summed E-state index contributed by atoms with van der Waals surface area (Å²) in [6.07, 6.45) is 3.02. The zero-order valence-electron chi connectivity index (χ0n) is 10.6. The van der Waals surface area contributed by atoms with Gasteiger partial charge in [-0.15, -0.1) is 12.4 Å². The summed E-state index contributed by atoms with van der Waals surface area (Å²) in [7, 11) is 0. The molecule has 0 aromatic rings. The number of piperidine rings is 1. The Bertz CT molecular complexity index is 213. The topological polar surface area (TPSA) is 46.3 Å². The molecule has 2 N–H and O–H groups in total. The quantitative estimate of drug-likeness (QED) is 0.831. The van der Waals surface area contributed by atoms with Crippen LogP contribution < -0.4 is 5.73 Å². The van der Waals surface area contributed by atoms with E-state index in [0.717, 1.165) is 44.2 Å². The maximum absolute atomic E-state index is 11.8. The van der Waals surface area contributed by atoms with Crippen LogP contribution in [0.2, 0.25) is 0 Å². The van der Waals surface area contributed by atoms with E-state index in [4.69, 9.17) is 5.73 Å². The van der Waals surface area contributed by atoms with Crippen LogP contribution in [0.15, 0.2) is 0 Å². The molecule has 1 amide bonds.